The van der Waals surface area contributed by atoms with Gasteiger partial charge in [-0.1, -0.05) is 0 Å². The zero-order chi connectivity index (χ0) is 21.5. The van der Waals surface area contributed by atoms with E-state index in [1.165, 1.54) is 12.1 Å². The second-order valence-electron chi connectivity index (χ2n) is 6.53. The van der Waals surface area contributed by atoms with Gasteiger partial charge in [-0.05, 0) is 49.7 Å². The average molecular weight is 410 g/mol. The number of aryl methyl sites for hydroxylation is 1. The predicted molar refractivity (Wildman–Crippen MR) is 111 cm³/mol. The highest BCUT2D eigenvalue weighted by molar-refractivity contribution is 5.90. The van der Waals surface area contributed by atoms with E-state index in [0.29, 0.717) is 36.0 Å². The van der Waals surface area contributed by atoms with Crippen molar-refractivity contribution in [2.75, 3.05) is 19.0 Å². The van der Waals surface area contributed by atoms with Gasteiger partial charge in [0, 0.05) is 24.6 Å². The molecule has 1 amide bonds. The third-order valence-electron chi connectivity index (χ3n) is 4.28. The van der Waals surface area contributed by atoms with Crippen molar-refractivity contribution in [3.05, 3.63) is 70.4 Å². The summed E-state index contributed by atoms with van der Waals surface area (Å²) in [7, 11) is 1.60. The quantitative estimate of drug-likeness (QED) is 0.326. The van der Waals surface area contributed by atoms with Gasteiger partial charge in [0.15, 0.2) is 0 Å². The minimum absolute atomic E-state index is 0.00919. The normalized spacial score (nSPS) is 10.5. The molecule has 2 aromatic carbocycles. The maximum absolute atomic E-state index is 12.3. The molecule has 30 heavy (non-hydrogen) atoms. The van der Waals surface area contributed by atoms with Gasteiger partial charge >= 0.3 is 0 Å². The summed E-state index contributed by atoms with van der Waals surface area (Å²) in [5, 5.41) is 18.0. The fourth-order valence-corrected chi connectivity index (χ4v) is 2.80. The monoisotopic (exact) mass is 410 g/mol. The van der Waals surface area contributed by atoms with Gasteiger partial charge in [-0.3, -0.25) is 14.9 Å². The number of nitro groups is 1. The lowest BCUT2D eigenvalue weighted by Crippen LogP contribution is -2.15. The molecule has 0 unspecified atom stereocenters. The minimum Gasteiger partial charge on any atom is -0.497 e. The fourth-order valence-electron chi connectivity index (χ4n) is 2.80. The second kappa shape index (κ2) is 9.55. The molecule has 0 aliphatic rings. The van der Waals surface area contributed by atoms with Crippen LogP contribution in [0, 0.1) is 17.0 Å². The Hall–Kier alpha value is -3.88. The highest BCUT2D eigenvalue weighted by Crippen LogP contribution is 2.21. The van der Waals surface area contributed by atoms with Gasteiger partial charge in [0.1, 0.15) is 17.3 Å². The van der Waals surface area contributed by atoms with Crippen LogP contribution in [0.5, 0.6) is 11.5 Å². The van der Waals surface area contributed by atoms with Crippen LogP contribution in [0.15, 0.2) is 54.6 Å². The molecule has 0 fully saturated rings. The Kier molecular flexibility index (Phi) is 6.63. The van der Waals surface area contributed by atoms with Crippen molar-refractivity contribution in [2.24, 2.45) is 0 Å². The molecule has 0 spiro atoms. The van der Waals surface area contributed by atoms with Crippen molar-refractivity contribution >= 4 is 17.4 Å². The molecular formula is C21H22N4O5. The molecule has 0 atom stereocenters. The number of methoxy groups -OCH3 is 1. The van der Waals surface area contributed by atoms with Crippen LogP contribution in [0.2, 0.25) is 0 Å². The van der Waals surface area contributed by atoms with Gasteiger partial charge in [0.05, 0.1) is 30.0 Å². The van der Waals surface area contributed by atoms with E-state index in [-0.39, 0.29) is 18.0 Å². The maximum atomic E-state index is 12.3. The van der Waals surface area contributed by atoms with Crippen molar-refractivity contribution in [3.63, 3.8) is 0 Å². The van der Waals surface area contributed by atoms with Gasteiger partial charge in [-0.25, -0.2) is 4.68 Å². The number of nitrogens with zero attached hydrogens (tertiary/aromatic N) is 3. The second-order valence-corrected chi connectivity index (χ2v) is 6.53. The molecule has 9 nitrogen and oxygen atoms in total. The molecule has 0 saturated heterocycles. The van der Waals surface area contributed by atoms with E-state index < -0.39 is 4.92 Å². The third-order valence-corrected chi connectivity index (χ3v) is 4.28. The number of ether oxygens (including phenoxy) is 2. The zero-order valence-corrected chi connectivity index (χ0v) is 16.7. The summed E-state index contributed by atoms with van der Waals surface area (Å²) >= 11 is 0. The number of carbonyl (C=O) groups excluding carboxylic acids is 1. The van der Waals surface area contributed by atoms with E-state index in [1.54, 1.807) is 36.9 Å². The number of nitrogens with one attached hydrogen (secondary N) is 1. The topological polar surface area (TPSA) is 109 Å². The number of non-ortho nitro benzene ring substituents is 1. The Labute approximate surface area is 173 Å². The summed E-state index contributed by atoms with van der Waals surface area (Å²) in [6, 6.07) is 14.9. The van der Waals surface area contributed by atoms with Gasteiger partial charge in [-0.15, -0.1) is 0 Å². The van der Waals surface area contributed by atoms with Crippen LogP contribution < -0.4 is 14.8 Å². The molecule has 0 bridgehead atoms. The number of hydrogen-bond acceptors (Lipinski definition) is 6. The van der Waals surface area contributed by atoms with E-state index >= 15 is 0 Å². The third kappa shape index (κ3) is 5.34. The molecule has 156 valence electrons. The first kappa shape index (κ1) is 20.8. The van der Waals surface area contributed by atoms with E-state index in [0.717, 1.165) is 5.75 Å². The first-order chi connectivity index (χ1) is 14.5. The van der Waals surface area contributed by atoms with Crippen molar-refractivity contribution < 1.29 is 19.2 Å². The van der Waals surface area contributed by atoms with Crippen LogP contribution in [-0.4, -0.2) is 34.3 Å². The van der Waals surface area contributed by atoms with Gasteiger partial charge < -0.3 is 14.8 Å². The molecule has 1 aromatic heterocycles. The highest BCUT2D eigenvalue weighted by atomic mass is 16.6. The van der Waals surface area contributed by atoms with Crippen LogP contribution in [0.1, 0.15) is 18.5 Å². The van der Waals surface area contributed by atoms with E-state index in [2.05, 4.69) is 10.4 Å². The molecule has 1 N–H and O–H groups in total. The lowest BCUT2D eigenvalue weighted by atomic mass is 10.3. The van der Waals surface area contributed by atoms with Crippen LogP contribution in [0.3, 0.4) is 0 Å². The number of hydrogen-bond donors (Lipinski definition) is 1. The standard InChI is InChI=1S/C21H22N4O5/c1-15-14-20(24(23-15)16-5-7-17(8-6-16)25(27)28)22-21(26)4-3-13-30-19-11-9-18(29-2)10-12-19/h5-12,14H,3-4,13H2,1-2H3,(H,22,26). The van der Waals surface area contributed by atoms with E-state index in [9.17, 15) is 14.9 Å². The van der Waals surface area contributed by atoms with E-state index in [1.807, 2.05) is 24.3 Å². The number of amides is 1. The summed E-state index contributed by atoms with van der Waals surface area (Å²) in [6.45, 7) is 2.21. The van der Waals surface area contributed by atoms with Crippen LogP contribution in [0.4, 0.5) is 11.5 Å². The summed E-state index contributed by atoms with van der Waals surface area (Å²) in [5.41, 5.74) is 1.32. The molecule has 0 aliphatic carbocycles. The molecule has 3 aromatic rings. The molecule has 0 saturated carbocycles. The maximum Gasteiger partial charge on any atom is 0.269 e. The van der Waals surface area contributed by atoms with Crippen molar-refractivity contribution in [1.82, 2.24) is 9.78 Å². The molecule has 3 rings (SSSR count). The summed E-state index contributed by atoms with van der Waals surface area (Å²) in [6.07, 6.45) is 0.823. The first-order valence-corrected chi connectivity index (χ1v) is 9.34. The summed E-state index contributed by atoms with van der Waals surface area (Å²) in [5.74, 6) is 1.79. The van der Waals surface area contributed by atoms with Crippen LogP contribution in [0.25, 0.3) is 5.69 Å². The summed E-state index contributed by atoms with van der Waals surface area (Å²) < 4.78 is 12.3. The van der Waals surface area contributed by atoms with Crippen molar-refractivity contribution in [2.45, 2.75) is 19.8 Å². The number of rotatable bonds is 9. The highest BCUT2D eigenvalue weighted by Gasteiger charge is 2.12. The zero-order valence-electron chi connectivity index (χ0n) is 16.7. The van der Waals surface area contributed by atoms with Crippen LogP contribution >= 0.6 is 0 Å². The SMILES string of the molecule is COc1ccc(OCCCC(=O)Nc2cc(C)nn2-c2ccc([N+](=O)[O-])cc2)cc1. The van der Waals surface area contributed by atoms with Gasteiger partial charge in [0.25, 0.3) is 5.69 Å². The Morgan fingerprint density at radius 3 is 2.43 bits per heavy atom. The van der Waals surface area contributed by atoms with Gasteiger partial charge in [0.2, 0.25) is 5.91 Å². The molecule has 0 radical (unpaired) electrons. The largest absolute Gasteiger partial charge is 0.497 e. The summed E-state index contributed by atoms with van der Waals surface area (Å²) in [4.78, 5) is 22.7. The fraction of sp³-hybridized carbons (Fsp3) is 0.238. The van der Waals surface area contributed by atoms with Crippen molar-refractivity contribution in [1.29, 1.82) is 0 Å². The number of anilines is 1. The van der Waals surface area contributed by atoms with E-state index in [4.69, 9.17) is 9.47 Å². The smallest absolute Gasteiger partial charge is 0.269 e. The molecular weight excluding hydrogens is 388 g/mol. The lowest BCUT2D eigenvalue weighted by molar-refractivity contribution is -0.384. The Morgan fingerprint density at radius 1 is 1.13 bits per heavy atom. The molecule has 1 heterocycles. The Morgan fingerprint density at radius 2 is 1.80 bits per heavy atom. The first-order valence-electron chi connectivity index (χ1n) is 9.34. The van der Waals surface area contributed by atoms with Gasteiger partial charge in [-0.2, -0.15) is 5.10 Å². The molecule has 9 heteroatoms. The predicted octanol–water partition coefficient (Wildman–Crippen LogP) is 3.90. The molecule has 0 aliphatic heterocycles. The number of aromatic nitrogens is 2. The lowest BCUT2D eigenvalue weighted by Gasteiger charge is -2.10. The number of carbonyl (C=O) groups is 1. The van der Waals surface area contributed by atoms with Crippen molar-refractivity contribution in [3.8, 4) is 17.2 Å². The number of benzene rings is 2. The number of nitro benzene ring substituents is 1. The Bertz CT molecular complexity index is 1010. The minimum atomic E-state index is -0.463. The van der Waals surface area contributed by atoms with Crippen LogP contribution in [-0.2, 0) is 4.79 Å². The average Bonchev–Trinajstić information content (AvgIpc) is 3.11. The Balaban J connectivity index is 1.54.